The zero-order valence-electron chi connectivity index (χ0n) is 6.79. The quantitative estimate of drug-likeness (QED) is 0.746. The summed E-state index contributed by atoms with van der Waals surface area (Å²) in [6.45, 7) is 2.97. The summed E-state index contributed by atoms with van der Waals surface area (Å²) < 4.78 is 0. The molecule has 0 aromatic carbocycles. The maximum absolute atomic E-state index is 5.50. The van der Waals surface area contributed by atoms with Gasteiger partial charge in [-0.25, -0.2) is 0 Å². The maximum atomic E-state index is 5.50. The minimum Gasteiger partial charge on any atom is -0.330 e. The first-order valence-electron chi connectivity index (χ1n) is 3.90. The smallest absolute Gasteiger partial charge is 0.0794 e. The highest BCUT2D eigenvalue weighted by molar-refractivity contribution is 7.09. The summed E-state index contributed by atoms with van der Waals surface area (Å²) in [6.07, 6.45) is 4.25. The molecule has 0 saturated heterocycles. The molecule has 0 aliphatic rings. The fourth-order valence-corrected chi connectivity index (χ4v) is 1.49. The van der Waals surface area contributed by atoms with Crippen molar-refractivity contribution < 1.29 is 0 Å². The Bertz CT molecular complexity index is 184. The first-order valence-corrected chi connectivity index (χ1v) is 4.78. The van der Waals surface area contributed by atoms with Gasteiger partial charge in [0.2, 0.25) is 0 Å². The van der Waals surface area contributed by atoms with Crippen LogP contribution in [0.15, 0.2) is 11.7 Å². The summed E-state index contributed by atoms with van der Waals surface area (Å²) in [7, 11) is 0. The van der Waals surface area contributed by atoms with Crippen molar-refractivity contribution in [2.75, 3.05) is 6.54 Å². The highest BCUT2D eigenvalue weighted by atomic mass is 32.1. The van der Waals surface area contributed by atoms with Gasteiger partial charge in [-0.15, -0.1) is 11.3 Å². The second-order valence-electron chi connectivity index (χ2n) is 2.85. The predicted octanol–water partition coefficient (Wildman–Crippen LogP) is 1.67. The van der Waals surface area contributed by atoms with Crippen LogP contribution in [0.3, 0.4) is 0 Å². The summed E-state index contributed by atoms with van der Waals surface area (Å²) in [6, 6.07) is 0. The first kappa shape index (κ1) is 8.68. The highest BCUT2D eigenvalue weighted by Crippen LogP contribution is 2.11. The number of thiazole rings is 1. The number of hydrogen-bond acceptors (Lipinski definition) is 3. The molecular formula is C8H14N2S. The average molecular weight is 170 g/mol. The summed E-state index contributed by atoms with van der Waals surface area (Å²) in [5.74, 6) is 0.636. The van der Waals surface area contributed by atoms with Crippen LogP contribution in [0, 0.1) is 5.92 Å². The van der Waals surface area contributed by atoms with Gasteiger partial charge in [0.1, 0.15) is 0 Å². The average Bonchev–Trinajstić information content (AvgIpc) is 2.52. The Balaban J connectivity index is 2.23. The van der Waals surface area contributed by atoms with Gasteiger partial charge >= 0.3 is 0 Å². The molecule has 0 fully saturated rings. The SMILES string of the molecule is CC(CN)CCc1cncs1. The number of aryl methyl sites for hydroxylation is 1. The zero-order chi connectivity index (χ0) is 8.10. The third kappa shape index (κ3) is 2.99. The van der Waals surface area contributed by atoms with Crippen molar-refractivity contribution in [1.29, 1.82) is 0 Å². The van der Waals surface area contributed by atoms with Crippen LogP contribution < -0.4 is 5.73 Å². The Labute approximate surface area is 71.5 Å². The van der Waals surface area contributed by atoms with Crippen LogP contribution in [0.5, 0.6) is 0 Å². The maximum Gasteiger partial charge on any atom is 0.0794 e. The molecule has 1 atom stereocenters. The third-order valence-electron chi connectivity index (χ3n) is 1.77. The molecule has 0 aliphatic carbocycles. The topological polar surface area (TPSA) is 38.9 Å². The van der Waals surface area contributed by atoms with Crippen LogP contribution in [-0.2, 0) is 6.42 Å². The van der Waals surface area contributed by atoms with E-state index in [0.717, 1.165) is 13.0 Å². The Morgan fingerprint density at radius 2 is 2.55 bits per heavy atom. The summed E-state index contributed by atoms with van der Waals surface area (Å²) in [5.41, 5.74) is 7.38. The Morgan fingerprint density at radius 1 is 1.73 bits per heavy atom. The molecule has 0 amide bonds. The lowest BCUT2D eigenvalue weighted by Gasteiger charge is -2.04. The molecule has 0 spiro atoms. The highest BCUT2D eigenvalue weighted by Gasteiger charge is 2.00. The third-order valence-corrected chi connectivity index (χ3v) is 2.61. The van der Waals surface area contributed by atoms with E-state index in [1.54, 1.807) is 11.3 Å². The Hall–Kier alpha value is -0.410. The minimum absolute atomic E-state index is 0.636. The molecule has 1 heterocycles. The van der Waals surface area contributed by atoms with Gasteiger partial charge in [0.25, 0.3) is 0 Å². The van der Waals surface area contributed by atoms with Crippen molar-refractivity contribution in [2.45, 2.75) is 19.8 Å². The van der Waals surface area contributed by atoms with Crippen LogP contribution in [0.2, 0.25) is 0 Å². The van der Waals surface area contributed by atoms with Gasteiger partial charge in [-0.2, -0.15) is 0 Å². The van der Waals surface area contributed by atoms with E-state index in [9.17, 15) is 0 Å². The molecule has 1 aromatic heterocycles. The first-order chi connectivity index (χ1) is 5.33. The molecule has 2 nitrogen and oxygen atoms in total. The van der Waals surface area contributed by atoms with Gasteiger partial charge in [-0.3, -0.25) is 4.98 Å². The van der Waals surface area contributed by atoms with Crippen LogP contribution in [0.1, 0.15) is 18.2 Å². The van der Waals surface area contributed by atoms with Crippen molar-refractivity contribution in [2.24, 2.45) is 11.7 Å². The van der Waals surface area contributed by atoms with Gasteiger partial charge in [0, 0.05) is 11.1 Å². The van der Waals surface area contributed by atoms with Crippen molar-refractivity contribution >= 4 is 11.3 Å². The second-order valence-corrected chi connectivity index (χ2v) is 3.82. The van der Waals surface area contributed by atoms with Crippen molar-refractivity contribution in [1.82, 2.24) is 4.98 Å². The Morgan fingerprint density at radius 3 is 3.09 bits per heavy atom. The normalized spacial score (nSPS) is 13.3. The molecule has 1 aromatic rings. The molecular weight excluding hydrogens is 156 g/mol. The van der Waals surface area contributed by atoms with Crippen LogP contribution >= 0.6 is 11.3 Å². The van der Waals surface area contributed by atoms with E-state index in [2.05, 4.69) is 11.9 Å². The molecule has 1 unspecified atom stereocenters. The molecule has 11 heavy (non-hydrogen) atoms. The molecule has 3 heteroatoms. The second kappa shape index (κ2) is 4.46. The number of nitrogens with zero attached hydrogens (tertiary/aromatic N) is 1. The number of nitrogens with two attached hydrogens (primary N) is 1. The lowest BCUT2D eigenvalue weighted by molar-refractivity contribution is 0.547. The Kier molecular flexibility index (Phi) is 3.52. The largest absolute Gasteiger partial charge is 0.330 e. The summed E-state index contributed by atoms with van der Waals surface area (Å²) in [5, 5.41) is 0. The van der Waals surface area contributed by atoms with Gasteiger partial charge < -0.3 is 5.73 Å². The van der Waals surface area contributed by atoms with E-state index in [-0.39, 0.29) is 0 Å². The summed E-state index contributed by atoms with van der Waals surface area (Å²) >= 11 is 1.72. The van der Waals surface area contributed by atoms with E-state index in [4.69, 9.17) is 5.73 Å². The molecule has 0 aliphatic heterocycles. The van der Waals surface area contributed by atoms with Gasteiger partial charge in [0.05, 0.1) is 5.51 Å². The number of aromatic nitrogens is 1. The van der Waals surface area contributed by atoms with Crippen molar-refractivity contribution in [3.8, 4) is 0 Å². The van der Waals surface area contributed by atoms with Gasteiger partial charge in [0.15, 0.2) is 0 Å². The van der Waals surface area contributed by atoms with Crippen LogP contribution in [-0.4, -0.2) is 11.5 Å². The van der Waals surface area contributed by atoms with Gasteiger partial charge in [-0.1, -0.05) is 6.92 Å². The molecule has 62 valence electrons. The van der Waals surface area contributed by atoms with E-state index >= 15 is 0 Å². The molecule has 0 bridgehead atoms. The van der Waals surface area contributed by atoms with Gasteiger partial charge in [-0.05, 0) is 25.3 Å². The zero-order valence-corrected chi connectivity index (χ0v) is 7.60. The lowest BCUT2D eigenvalue weighted by atomic mass is 10.1. The number of hydrogen-bond donors (Lipinski definition) is 1. The molecule has 1 rings (SSSR count). The molecule has 0 saturated carbocycles. The predicted molar refractivity (Wildman–Crippen MR) is 48.7 cm³/mol. The molecule has 0 radical (unpaired) electrons. The fourth-order valence-electron chi connectivity index (χ4n) is 0.872. The minimum atomic E-state index is 0.636. The van der Waals surface area contributed by atoms with E-state index in [1.807, 2.05) is 11.7 Å². The monoisotopic (exact) mass is 170 g/mol. The van der Waals surface area contributed by atoms with E-state index < -0.39 is 0 Å². The van der Waals surface area contributed by atoms with Crippen molar-refractivity contribution in [3.63, 3.8) is 0 Å². The van der Waals surface area contributed by atoms with E-state index in [0.29, 0.717) is 5.92 Å². The molecule has 2 N–H and O–H groups in total. The van der Waals surface area contributed by atoms with Crippen molar-refractivity contribution in [3.05, 3.63) is 16.6 Å². The number of rotatable bonds is 4. The lowest BCUT2D eigenvalue weighted by Crippen LogP contribution is -2.10. The summed E-state index contributed by atoms with van der Waals surface area (Å²) in [4.78, 5) is 5.38. The van der Waals surface area contributed by atoms with Crippen LogP contribution in [0.4, 0.5) is 0 Å². The fraction of sp³-hybridized carbons (Fsp3) is 0.625. The standard InChI is InChI=1S/C8H14N2S/c1-7(4-9)2-3-8-5-10-6-11-8/h5-7H,2-4,9H2,1H3. The van der Waals surface area contributed by atoms with E-state index in [1.165, 1.54) is 11.3 Å². The van der Waals surface area contributed by atoms with Crippen LogP contribution in [0.25, 0.3) is 0 Å².